The average Bonchev–Trinajstić information content (AvgIpc) is 2.65. The molecule has 6 heteroatoms. The van der Waals surface area contributed by atoms with Crippen LogP contribution < -0.4 is 10.6 Å². The van der Waals surface area contributed by atoms with Gasteiger partial charge in [-0.05, 0) is 106 Å². The molecule has 4 rings (SSSR count). The van der Waals surface area contributed by atoms with E-state index in [0.29, 0.717) is 11.6 Å². The lowest BCUT2D eigenvalue weighted by atomic mass is 10.2. The Morgan fingerprint density at radius 2 is 1.12 bits per heavy atom. The van der Waals surface area contributed by atoms with Gasteiger partial charge >= 0.3 is 0 Å². The fourth-order valence-corrected chi connectivity index (χ4v) is 3.46. The predicted molar refractivity (Wildman–Crippen MR) is 124 cm³/mol. The lowest BCUT2D eigenvalue weighted by Gasteiger charge is -2.25. The molecule has 0 saturated heterocycles. The molecule has 4 aromatic rings. The summed E-state index contributed by atoms with van der Waals surface area (Å²) in [5, 5.41) is 0. The number of rotatable bonds is 3. The third kappa shape index (κ3) is 3.48. The van der Waals surface area contributed by atoms with Crippen molar-refractivity contribution in [3.8, 4) is 0 Å². The summed E-state index contributed by atoms with van der Waals surface area (Å²) in [5.74, 6) is 1.03. The molecule has 0 fully saturated rings. The highest BCUT2D eigenvalue weighted by Gasteiger charge is 2.18. The van der Waals surface area contributed by atoms with Crippen molar-refractivity contribution in [2.45, 2.75) is 0 Å². The number of halogens is 2. The SMILES string of the molecule is Nc1nc2ccccc2nc1N(c1ccc(I)cc1)c1ccc(I)cc1. The van der Waals surface area contributed by atoms with Crippen molar-refractivity contribution in [1.82, 2.24) is 9.97 Å². The molecule has 0 aliphatic rings. The van der Waals surface area contributed by atoms with Gasteiger partial charge in [-0.3, -0.25) is 4.90 Å². The van der Waals surface area contributed by atoms with Crippen LogP contribution in [0.25, 0.3) is 11.0 Å². The quantitative estimate of drug-likeness (QED) is 0.316. The molecule has 1 aromatic heterocycles. The highest BCUT2D eigenvalue weighted by Crippen LogP contribution is 2.37. The zero-order valence-electron chi connectivity index (χ0n) is 13.6. The van der Waals surface area contributed by atoms with E-state index in [2.05, 4.69) is 98.7 Å². The van der Waals surface area contributed by atoms with Gasteiger partial charge in [-0.2, -0.15) is 0 Å². The Balaban J connectivity index is 1.94. The van der Waals surface area contributed by atoms with Crippen LogP contribution in [0.15, 0.2) is 72.8 Å². The van der Waals surface area contributed by atoms with Crippen molar-refractivity contribution in [2.75, 3.05) is 10.6 Å². The molecule has 0 bridgehead atoms. The largest absolute Gasteiger partial charge is 0.381 e. The summed E-state index contributed by atoms with van der Waals surface area (Å²) in [7, 11) is 0. The third-order valence-electron chi connectivity index (χ3n) is 3.96. The van der Waals surface area contributed by atoms with Crippen molar-refractivity contribution in [3.63, 3.8) is 0 Å². The predicted octanol–water partition coefficient (Wildman–Crippen LogP) is 5.89. The standard InChI is InChI=1S/C20H14I2N4/c21-13-5-9-15(10-6-13)26(16-11-7-14(22)8-12-16)20-19(23)24-17-3-1-2-4-18(17)25-20/h1-12H,(H2,23,24). The summed E-state index contributed by atoms with van der Waals surface area (Å²) >= 11 is 4.60. The Morgan fingerprint density at radius 1 is 0.654 bits per heavy atom. The second-order valence-corrected chi connectivity index (χ2v) is 8.20. The number of fused-ring (bicyclic) bond motifs is 1. The van der Waals surface area contributed by atoms with Crippen LogP contribution in [0.2, 0.25) is 0 Å². The van der Waals surface area contributed by atoms with E-state index in [9.17, 15) is 0 Å². The molecule has 0 aliphatic heterocycles. The fourth-order valence-electron chi connectivity index (χ4n) is 2.74. The van der Waals surface area contributed by atoms with Crippen LogP contribution in [-0.4, -0.2) is 9.97 Å². The molecule has 0 radical (unpaired) electrons. The second-order valence-electron chi connectivity index (χ2n) is 5.71. The van der Waals surface area contributed by atoms with Crippen molar-refractivity contribution < 1.29 is 0 Å². The highest BCUT2D eigenvalue weighted by molar-refractivity contribution is 14.1. The van der Waals surface area contributed by atoms with E-state index in [1.807, 2.05) is 29.2 Å². The van der Waals surface area contributed by atoms with Gasteiger partial charge in [0.05, 0.1) is 11.0 Å². The van der Waals surface area contributed by atoms with Gasteiger partial charge in [-0.15, -0.1) is 0 Å². The van der Waals surface area contributed by atoms with E-state index in [0.717, 1.165) is 22.4 Å². The monoisotopic (exact) mass is 564 g/mol. The Bertz CT molecular complexity index is 1020. The summed E-state index contributed by atoms with van der Waals surface area (Å²) in [6.45, 7) is 0. The van der Waals surface area contributed by atoms with Crippen LogP contribution in [0.5, 0.6) is 0 Å². The number of hydrogen-bond donors (Lipinski definition) is 1. The van der Waals surface area contributed by atoms with Gasteiger partial charge in [0.1, 0.15) is 0 Å². The summed E-state index contributed by atoms with van der Waals surface area (Å²) in [5.41, 5.74) is 9.89. The number of hydrogen-bond acceptors (Lipinski definition) is 4. The lowest BCUT2D eigenvalue weighted by molar-refractivity contribution is 1.18. The Hall–Kier alpha value is -1.94. The highest BCUT2D eigenvalue weighted by atomic mass is 127. The number of aromatic nitrogens is 2. The molecule has 0 aliphatic carbocycles. The minimum absolute atomic E-state index is 0.404. The Labute approximate surface area is 178 Å². The van der Waals surface area contributed by atoms with E-state index in [4.69, 9.17) is 10.7 Å². The maximum Gasteiger partial charge on any atom is 0.181 e. The van der Waals surface area contributed by atoms with Crippen molar-refractivity contribution in [2.24, 2.45) is 0 Å². The van der Waals surface area contributed by atoms with Gasteiger partial charge in [-0.25, -0.2) is 9.97 Å². The minimum Gasteiger partial charge on any atom is -0.381 e. The van der Waals surface area contributed by atoms with E-state index >= 15 is 0 Å². The van der Waals surface area contributed by atoms with Crippen LogP contribution in [0, 0.1) is 7.14 Å². The molecule has 26 heavy (non-hydrogen) atoms. The number of nitrogens with zero attached hydrogens (tertiary/aromatic N) is 3. The zero-order chi connectivity index (χ0) is 18.1. The van der Waals surface area contributed by atoms with Crippen molar-refractivity contribution in [3.05, 3.63) is 79.9 Å². The summed E-state index contributed by atoms with van der Waals surface area (Å²) in [6, 6.07) is 24.3. The van der Waals surface area contributed by atoms with Crippen LogP contribution in [0.4, 0.5) is 23.0 Å². The van der Waals surface area contributed by atoms with E-state index in [-0.39, 0.29) is 0 Å². The van der Waals surface area contributed by atoms with Gasteiger partial charge in [0.25, 0.3) is 0 Å². The van der Waals surface area contributed by atoms with Crippen molar-refractivity contribution >= 4 is 79.2 Å². The molecule has 1 heterocycles. The molecular weight excluding hydrogens is 550 g/mol. The maximum atomic E-state index is 6.30. The maximum absolute atomic E-state index is 6.30. The number of para-hydroxylation sites is 2. The number of nitrogens with two attached hydrogens (primary N) is 1. The fraction of sp³-hybridized carbons (Fsp3) is 0. The van der Waals surface area contributed by atoms with Gasteiger partial charge in [0, 0.05) is 18.5 Å². The lowest BCUT2D eigenvalue weighted by Crippen LogP contribution is -2.15. The van der Waals surface area contributed by atoms with E-state index in [1.54, 1.807) is 0 Å². The normalized spacial score (nSPS) is 10.8. The summed E-state index contributed by atoms with van der Waals surface area (Å²) < 4.78 is 2.35. The molecule has 0 saturated carbocycles. The third-order valence-corrected chi connectivity index (χ3v) is 5.40. The van der Waals surface area contributed by atoms with Crippen molar-refractivity contribution in [1.29, 1.82) is 0 Å². The summed E-state index contributed by atoms with van der Waals surface area (Å²) in [4.78, 5) is 11.4. The topological polar surface area (TPSA) is 55.0 Å². The number of anilines is 4. The summed E-state index contributed by atoms with van der Waals surface area (Å²) in [6.07, 6.45) is 0. The average molecular weight is 564 g/mol. The van der Waals surface area contributed by atoms with Crippen LogP contribution in [0.3, 0.4) is 0 Å². The first-order chi connectivity index (χ1) is 12.6. The van der Waals surface area contributed by atoms with Gasteiger partial charge in [0.15, 0.2) is 11.6 Å². The second kappa shape index (κ2) is 7.36. The van der Waals surface area contributed by atoms with Crippen LogP contribution in [0.1, 0.15) is 0 Å². The van der Waals surface area contributed by atoms with E-state index in [1.165, 1.54) is 7.14 Å². The molecule has 0 amide bonds. The van der Waals surface area contributed by atoms with Gasteiger partial charge < -0.3 is 5.73 Å². The van der Waals surface area contributed by atoms with Crippen LogP contribution >= 0.6 is 45.2 Å². The van der Waals surface area contributed by atoms with E-state index < -0.39 is 0 Å². The first-order valence-electron chi connectivity index (χ1n) is 7.95. The Morgan fingerprint density at radius 3 is 1.62 bits per heavy atom. The van der Waals surface area contributed by atoms with Gasteiger partial charge in [0.2, 0.25) is 0 Å². The van der Waals surface area contributed by atoms with Crippen LogP contribution in [-0.2, 0) is 0 Å². The molecule has 0 unspecified atom stereocenters. The molecule has 3 aromatic carbocycles. The molecule has 0 spiro atoms. The smallest absolute Gasteiger partial charge is 0.181 e. The zero-order valence-corrected chi connectivity index (χ0v) is 17.9. The van der Waals surface area contributed by atoms with Gasteiger partial charge in [-0.1, -0.05) is 12.1 Å². The molecule has 2 N–H and O–H groups in total. The molecule has 128 valence electrons. The molecular formula is C20H14I2N4. The minimum atomic E-state index is 0.404. The first-order valence-corrected chi connectivity index (χ1v) is 10.1. The molecule has 0 atom stereocenters. The number of benzene rings is 3. The number of nitrogen functional groups attached to an aromatic ring is 1. The first kappa shape index (κ1) is 17.5. The molecule has 4 nitrogen and oxygen atoms in total. The Kier molecular flexibility index (Phi) is 4.94.